The Morgan fingerprint density at radius 3 is 2.71 bits per heavy atom. The predicted octanol–water partition coefficient (Wildman–Crippen LogP) is 2.62. The molecule has 1 aliphatic heterocycles. The normalized spacial score (nSPS) is 16.4. The number of aliphatic imine (C=N–C) groups is 1. The summed E-state index contributed by atoms with van der Waals surface area (Å²) in [6, 6.07) is 3.35. The Kier molecular flexibility index (Phi) is 5.82. The molecule has 1 aromatic carbocycles. The molecule has 2 rings (SSSR count). The molecule has 0 aromatic heterocycles. The number of aliphatic hydroxyl groups excluding tert-OH is 1. The topological polar surface area (TPSA) is 70.9 Å². The van der Waals surface area contributed by atoms with Crippen LogP contribution in [0.4, 0.5) is 18.9 Å². The Morgan fingerprint density at radius 1 is 1.42 bits per heavy atom. The van der Waals surface area contributed by atoms with Crippen LogP contribution in [0.5, 0.6) is 0 Å². The van der Waals surface area contributed by atoms with Crippen LogP contribution >= 0.6 is 0 Å². The molecule has 0 aliphatic carbocycles. The van der Waals surface area contributed by atoms with E-state index in [-0.39, 0.29) is 31.0 Å². The van der Waals surface area contributed by atoms with E-state index in [1.807, 2.05) is 6.92 Å². The Balaban J connectivity index is 2.34. The van der Waals surface area contributed by atoms with Crippen molar-refractivity contribution >= 4 is 17.4 Å². The first kappa shape index (κ1) is 18.3. The number of aliphatic hydroxyl groups is 1. The average Bonchev–Trinajstić information content (AvgIpc) is 2.54. The maximum Gasteiger partial charge on any atom is 0.418 e. The number of anilines is 1. The minimum atomic E-state index is -4.56. The van der Waals surface area contributed by atoms with Crippen molar-refractivity contribution in [1.29, 1.82) is 0 Å². The molecule has 0 saturated heterocycles. The zero-order chi connectivity index (χ0) is 17.7. The van der Waals surface area contributed by atoms with E-state index in [1.165, 1.54) is 12.1 Å². The van der Waals surface area contributed by atoms with Gasteiger partial charge in [-0.05, 0) is 24.1 Å². The summed E-state index contributed by atoms with van der Waals surface area (Å²) in [4.78, 5) is 14.9. The molecule has 0 amide bonds. The quantitative estimate of drug-likeness (QED) is 0.779. The fourth-order valence-electron chi connectivity index (χ4n) is 2.44. The molecule has 0 radical (unpaired) electrons. The third-order valence-electron chi connectivity index (χ3n) is 3.64. The van der Waals surface area contributed by atoms with Crippen LogP contribution in [0.2, 0.25) is 0 Å². The third-order valence-corrected chi connectivity index (χ3v) is 3.64. The van der Waals surface area contributed by atoms with Gasteiger partial charge >= 0.3 is 12.1 Å². The fraction of sp³-hybridized carbons (Fsp3) is 0.500. The monoisotopic (exact) mass is 344 g/mol. The van der Waals surface area contributed by atoms with Gasteiger partial charge in [0.1, 0.15) is 13.2 Å². The highest BCUT2D eigenvalue weighted by molar-refractivity contribution is 6.04. The number of hydrogen-bond acceptors (Lipinski definition) is 5. The fourth-order valence-corrected chi connectivity index (χ4v) is 2.44. The van der Waals surface area contributed by atoms with Crippen molar-refractivity contribution in [2.75, 3.05) is 25.1 Å². The van der Waals surface area contributed by atoms with Crippen molar-refractivity contribution in [2.24, 2.45) is 4.99 Å². The molecule has 1 aliphatic rings. The molecular weight excluding hydrogens is 325 g/mol. The molecule has 1 aromatic rings. The molecule has 0 fully saturated rings. The van der Waals surface area contributed by atoms with E-state index in [4.69, 9.17) is 4.74 Å². The number of nitrogens with one attached hydrogen (secondary N) is 1. The van der Waals surface area contributed by atoms with Crippen molar-refractivity contribution in [1.82, 2.24) is 0 Å². The number of rotatable bonds is 6. The van der Waals surface area contributed by atoms with Crippen molar-refractivity contribution in [3.8, 4) is 0 Å². The van der Waals surface area contributed by atoms with Gasteiger partial charge in [-0.2, -0.15) is 13.2 Å². The van der Waals surface area contributed by atoms with E-state index in [9.17, 15) is 23.1 Å². The molecule has 8 heteroatoms. The number of esters is 1. The number of benzene rings is 1. The summed E-state index contributed by atoms with van der Waals surface area (Å²) < 4.78 is 44.9. The number of alkyl halides is 3. The van der Waals surface area contributed by atoms with Crippen LogP contribution in [-0.4, -0.2) is 42.6 Å². The number of carbonyl (C=O) groups excluding carboxylic acids is 1. The zero-order valence-electron chi connectivity index (χ0n) is 13.2. The lowest BCUT2D eigenvalue weighted by Crippen LogP contribution is -2.26. The molecule has 24 heavy (non-hydrogen) atoms. The van der Waals surface area contributed by atoms with Crippen molar-refractivity contribution < 1.29 is 27.8 Å². The van der Waals surface area contributed by atoms with Crippen LogP contribution in [0.25, 0.3) is 0 Å². The first-order valence-corrected chi connectivity index (χ1v) is 7.63. The van der Waals surface area contributed by atoms with Gasteiger partial charge in [0.25, 0.3) is 0 Å². The van der Waals surface area contributed by atoms with E-state index in [1.54, 1.807) is 0 Å². The number of nitrogens with zero attached hydrogens (tertiary/aromatic N) is 1. The van der Waals surface area contributed by atoms with E-state index in [0.717, 1.165) is 12.5 Å². The Labute approximate surface area is 137 Å². The second-order valence-corrected chi connectivity index (χ2v) is 5.49. The SMILES string of the molecule is CCCC(CO)Nc1ccc(C2=NCC(=O)OC2)cc1C(F)(F)F. The van der Waals surface area contributed by atoms with Crippen LogP contribution in [0, 0.1) is 0 Å². The van der Waals surface area contributed by atoms with Gasteiger partial charge in [-0.1, -0.05) is 19.4 Å². The zero-order valence-corrected chi connectivity index (χ0v) is 13.2. The van der Waals surface area contributed by atoms with Crippen molar-refractivity contribution in [3.05, 3.63) is 29.3 Å². The van der Waals surface area contributed by atoms with E-state index in [2.05, 4.69) is 10.3 Å². The summed E-state index contributed by atoms with van der Waals surface area (Å²) in [5.74, 6) is -0.501. The minimum Gasteiger partial charge on any atom is -0.458 e. The number of halogens is 3. The molecule has 0 saturated carbocycles. The van der Waals surface area contributed by atoms with Crippen LogP contribution in [0.1, 0.15) is 30.9 Å². The summed E-state index contributed by atoms with van der Waals surface area (Å²) in [5, 5.41) is 12.0. The molecule has 1 unspecified atom stereocenters. The van der Waals surface area contributed by atoms with Crippen LogP contribution in [-0.2, 0) is 15.7 Å². The summed E-state index contributed by atoms with van der Waals surface area (Å²) in [5.41, 5.74) is -0.364. The largest absolute Gasteiger partial charge is 0.458 e. The smallest absolute Gasteiger partial charge is 0.418 e. The molecule has 1 atom stereocenters. The lowest BCUT2D eigenvalue weighted by molar-refractivity contribution is -0.141. The van der Waals surface area contributed by atoms with Gasteiger partial charge < -0.3 is 15.2 Å². The predicted molar refractivity (Wildman–Crippen MR) is 83.2 cm³/mol. The molecule has 0 spiro atoms. The summed E-state index contributed by atoms with van der Waals surface area (Å²) >= 11 is 0. The molecule has 132 valence electrons. The Hall–Kier alpha value is -2.09. The lowest BCUT2D eigenvalue weighted by atomic mass is 10.0. The summed E-state index contributed by atoms with van der Waals surface area (Å²) in [6.45, 7) is 1.30. The highest BCUT2D eigenvalue weighted by Gasteiger charge is 2.34. The van der Waals surface area contributed by atoms with Gasteiger partial charge in [0, 0.05) is 11.7 Å². The molecular formula is C16H19F3N2O3. The Bertz CT molecular complexity index is 629. The number of cyclic esters (lactones) is 1. The number of carbonyl (C=O) groups is 1. The average molecular weight is 344 g/mol. The van der Waals surface area contributed by atoms with Crippen LogP contribution in [0.3, 0.4) is 0 Å². The van der Waals surface area contributed by atoms with Crippen LogP contribution < -0.4 is 5.32 Å². The van der Waals surface area contributed by atoms with Gasteiger partial charge in [0.05, 0.1) is 17.9 Å². The first-order valence-electron chi connectivity index (χ1n) is 7.63. The summed E-state index contributed by atoms with van der Waals surface area (Å²) in [7, 11) is 0. The van der Waals surface area contributed by atoms with Gasteiger partial charge in [-0.3, -0.25) is 9.79 Å². The molecule has 5 nitrogen and oxygen atoms in total. The third kappa shape index (κ3) is 4.47. The van der Waals surface area contributed by atoms with Crippen molar-refractivity contribution in [2.45, 2.75) is 32.0 Å². The van der Waals surface area contributed by atoms with Gasteiger partial charge in [-0.15, -0.1) is 0 Å². The molecule has 1 heterocycles. The number of ether oxygens (including phenoxy) is 1. The second-order valence-electron chi connectivity index (χ2n) is 5.49. The van der Waals surface area contributed by atoms with Gasteiger partial charge in [-0.25, -0.2) is 0 Å². The first-order chi connectivity index (χ1) is 11.3. The maximum absolute atomic E-state index is 13.4. The standard InChI is InChI=1S/C16H19F3N2O3/c1-2-3-11(8-22)21-13-5-4-10(6-12(13)16(17,18)19)14-9-24-15(23)7-20-14/h4-6,11,21-22H,2-3,7-9H2,1H3. The molecule has 0 bridgehead atoms. The van der Waals surface area contributed by atoms with Gasteiger partial charge in [0.15, 0.2) is 0 Å². The summed E-state index contributed by atoms with van der Waals surface area (Å²) in [6.07, 6.45) is -3.27. The molecule has 2 N–H and O–H groups in total. The second kappa shape index (κ2) is 7.65. The van der Waals surface area contributed by atoms with E-state index >= 15 is 0 Å². The minimum absolute atomic E-state index is 0.0906. The maximum atomic E-state index is 13.4. The highest BCUT2D eigenvalue weighted by Crippen LogP contribution is 2.36. The highest BCUT2D eigenvalue weighted by atomic mass is 19.4. The van der Waals surface area contributed by atoms with E-state index in [0.29, 0.717) is 12.1 Å². The van der Waals surface area contributed by atoms with E-state index < -0.39 is 23.8 Å². The Morgan fingerprint density at radius 2 is 2.17 bits per heavy atom. The number of hydrogen-bond donors (Lipinski definition) is 2. The van der Waals surface area contributed by atoms with Crippen LogP contribution in [0.15, 0.2) is 23.2 Å². The van der Waals surface area contributed by atoms with Gasteiger partial charge in [0.2, 0.25) is 0 Å². The lowest BCUT2D eigenvalue weighted by Gasteiger charge is -2.22. The van der Waals surface area contributed by atoms with Crippen molar-refractivity contribution in [3.63, 3.8) is 0 Å².